The summed E-state index contributed by atoms with van der Waals surface area (Å²) in [5.41, 5.74) is 0. The molecule has 0 bridgehead atoms. The summed E-state index contributed by atoms with van der Waals surface area (Å²) in [5, 5.41) is 61.4. The molecular formula is C22H36O23S3. The van der Waals surface area contributed by atoms with Crippen molar-refractivity contribution >= 4 is 36.9 Å². The lowest BCUT2D eigenvalue weighted by molar-refractivity contribution is -0.263. The fourth-order valence-corrected chi connectivity index (χ4v) is 7.06. The highest BCUT2D eigenvalue weighted by molar-refractivity contribution is 7.85. The molecule has 0 aromatic carbocycles. The summed E-state index contributed by atoms with van der Waals surface area (Å²) >= 11 is 0. The SMILES string of the molecule is CC1O[C@@H](COCC2C(COC[C@H]3OC(C(=O)O)=C[C@H](O)C3O)C(O)OC(CS(=O)(=O)O)[C@H]2O)C(OS(=O)(=O)O)C(O)[C@@H]1OS(=O)(=O)O. The number of aliphatic hydroxyl groups excluding tert-OH is 5. The van der Waals surface area contributed by atoms with Crippen LogP contribution in [0, 0.1) is 11.8 Å². The number of rotatable bonds is 15. The van der Waals surface area contributed by atoms with Crippen LogP contribution in [0.2, 0.25) is 0 Å². The zero-order valence-electron chi connectivity index (χ0n) is 24.6. The van der Waals surface area contributed by atoms with E-state index in [2.05, 4.69) is 8.37 Å². The van der Waals surface area contributed by atoms with Crippen LogP contribution in [0.4, 0.5) is 0 Å². The first-order chi connectivity index (χ1) is 22.0. The highest BCUT2D eigenvalue weighted by atomic mass is 32.3. The predicted octanol–water partition coefficient (Wildman–Crippen LogP) is -5.17. The summed E-state index contributed by atoms with van der Waals surface area (Å²) in [4.78, 5) is 11.2. The van der Waals surface area contributed by atoms with Crippen LogP contribution in [0.15, 0.2) is 11.8 Å². The van der Waals surface area contributed by atoms with Gasteiger partial charge in [-0.2, -0.15) is 25.3 Å². The first-order valence-electron chi connectivity index (χ1n) is 13.7. The molecule has 0 saturated carbocycles. The third-order valence-electron chi connectivity index (χ3n) is 7.51. The zero-order valence-corrected chi connectivity index (χ0v) is 27.0. The van der Waals surface area contributed by atoms with E-state index < -0.39 is 154 Å². The monoisotopic (exact) mass is 764 g/mol. The molecule has 8 unspecified atom stereocenters. The molecule has 2 fully saturated rings. The summed E-state index contributed by atoms with van der Waals surface area (Å²) in [7, 11) is -15.3. The van der Waals surface area contributed by atoms with E-state index >= 15 is 0 Å². The molecule has 2 saturated heterocycles. The van der Waals surface area contributed by atoms with Crippen LogP contribution in [-0.2, 0) is 67.8 Å². The highest BCUT2D eigenvalue weighted by Gasteiger charge is 2.50. The number of carbonyl (C=O) groups is 1. The van der Waals surface area contributed by atoms with Gasteiger partial charge in [-0.25, -0.2) is 13.2 Å². The van der Waals surface area contributed by atoms with E-state index in [1.54, 1.807) is 0 Å². The van der Waals surface area contributed by atoms with Gasteiger partial charge in [-0.1, -0.05) is 0 Å². The molecule has 280 valence electrons. The van der Waals surface area contributed by atoms with E-state index in [1.807, 2.05) is 0 Å². The van der Waals surface area contributed by atoms with Crippen molar-refractivity contribution in [2.45, 2.75) is 74.3 Å². The van der Waals surface area contributed by atoms with Crippen LogP contribution in [0.5, 0.6) is 0 Å². The molecule has 23 nitrogen and oxygen atoms in total. The Balaban J connectivity index is 1.76. The fraction of sp³-hybridized carbons (Fsp3) is 0.864. The van der Waals surface area contributed by atoms with Crippen LogP contribution in [0.3, 0.4) is 0 Å². The number of aliphatic carboxylic acids is 1. The first-order valence-corrected chi connectivity index (χ1v) is 18.1. The van der Waals surface area contributed by atoms with Crippen molar-refractivity contribution in [3.63, 3.8) is 0 Å². The van der Waals surface area contributed by atoms with Gasteiger partial charge in [-0.15, -0.1) is 0 Å². The predicted molar refractivity (Wildman–Crippen MR) is 148 cm³/mol. The molecule has 0 aliphatic carbocycles. The summed E-state index contributed by atoms with van der Waals surface area (Å²) in [6.07, 6.45) is -18.7. The lowest BCUT2D eigenvalue weighted by Crippen LogP contribution is -2.60. The Bertz CT molecular complexity index is 1470. The minimum atomic E-state index is -5.33. The topological polar surface area (TPSA) is 366 Å². The van der Waals surface area contributed by atoms with Crippen molar-refractivity contribution in [2.24, 2.45) is 11.8 Å². The van der Waals surface area contributed by atoms with Gasteiger partial charge in [-0.05, 0) is 13.0 Å². The normalized spacial score (nSPS) is 38.2. The molecule has 9 N–H and O–H groups in total. The molecular weight excluding hydrogens is 728 g/mol. The second kappa shape index (κ2) is 16.1. The molecule has 13 atom stereocenters. The third-order valence-corrected chi connectivity index (χ3v) is 9.19. The van der Waals surface area contributed by atoms with E-state index in [1.165, 1.54) is 0 Å². The molecule has 0 aromatic heterocycles. The van der Waals surface area contributed by atoms with Crippen LogP contribution < -0.4 is 0 Å². The van der Waals surface area contributed by atoms with Crippen LogP contribution in [-0.4, -0.2) is 175 Å². The van der Waals surface area contributed by atoms with Gasteiger partial charge in [-0.3, -0.25) is 13.7 Å². The number of ether oxygens (including phenoxy) is 5. The zero-order chi connectivity index (χ0) is 36.4. The average molecular weight is 765 g/mol. The molecule has 0 aromatic rings. The largest absolute Gasteiger partial charge is 0.478 e. The van der Waals surface area contributed by atoms with Crippen molar-refractivity contribution < 1.29 is 106 Å². The van der Waals surface area contributed by atoms with Crippen LogP contribution in [0.1, 0.15) is 6.92 Å². The summed E-state index contributed by atoms with van der Waals surface area (Å²) in [6, 6.07) is 0. The minimum Gasteiger partial charge on any atom is -0.478 e. The standard InChI is InChI=1S/C22H36O23S3/c1-8-19(44-47(33,34)35)18(26)20(45-48(36,37)38)14(41-8)6-39-3-9-10(22(29)43-15(16(9)24)7-46(30,31)32)4-40-5-13-17(25)11(23)2-12(42-13)21(27)28/h2,8-11,13-20,22-26,29H,3-7H2,1H3,(H,27,28)(H,30,31,32)(H,33,34,35)(H,36,37,38)/t8?,9?,10?,11-,13+,14-,15?,16-,17?,18?,19+,20?,22?/m0/s1. The third kappa shape index (κ3) is 11.4. The maximum Gasteiger partial charge on any atom is 0.397 e. The smallest absolute Gasteiger partial charge is 0.397 e. The average Bonchev–Trinajstić information content (AvgIpc) is 2.92. The number of hydrogen-bond donors (Lipinski definition) is 9. The Labute approximate surface area is 273 Å². The van der Waals surface area contributed by atoms with Crippen molar-refractivity contribution in [3.05, 3.63) is 11.8 Å². The van der Waals surface area contributed by atoms with Crippen molar-refractivity contribution in [3.8, 4) is 0 Å². The van der Waals surface area contributed by atoms with Gasteiger partial charge in [0.2, 0.25) is 5.76 Å². The summed E-state index contributed by atoms with van der Waals surface area (Å²) < 4.78 is 131. The Morgan fingerprint density at radius 3 is 1.81 bits per heavy atom. The van der Waals surface area contributed by atoms with Gasteiger partial charge in [0.15, 0.2) is 12.4 Å². The molecule has 48 heavy (non-hydrogen) atoms. The maximum absolute atomic E-state index is 11.5. The Hall–Kier alpha value is -1.70. The molecule has 0 spiro atoms. The molecule has 3 heterocycles. The summed E-state index contributed by atoms with van der Waals surface area (Å²) in [5.74, 6) is -6.06. The van der Waals surface area contributed by atoms with E-state index in [0.29, 0.717) is 0 Å². The lowest BCUT2D eigenvalue weighted by atomic mass is 9.83. The Kier molecular flexibility index (Phi) is 13.7. The summed E-state index contributed by atoms with van der Waals surface area (Å²) in [6.45, 7) is -1.40. The molecule has 3 aliphatic heterocycles. The van der Waals surface area contributed by atoms with Crippen molar-refractivity contribution in [1.82, 2.24) is 0 Å². The Morgan fingerprint density at radius 1 is 0.729 bits per heavy atom. The molecule has 0 radical (unpaired) electrons. The van der Waals surface area contributed by atoms with E-state index in [4.69, 9.17) is 33.3 Å². The van der Waals surface area contributed by atoms with Crippen LogP contribution >= 0.6 is 0 Å². The molecule has 26 heteroatoms. The van der Waals surface area contributed by atoms with Gasteiger partial charge in [0, 0.05) is 11.8 Å². The number of carboxylic acid groups (broad SMARTS) is 1. The second-order valence-corrected chi connectivity index (χ2v) is 14.6. The van der Waals surface area contributed by atoms with Gasteiger partial charge < -0.3 is 54.3 Å². The molecule has 3 rings (SSSR count). The van der Waals surface area contributed by atoms with Gasteiger partial charge >= 0.3 is 26.8 Å². The van der Waals surface area contributed by atoms with Gasteiger partial charge in [0.05, 0.1) is 38.6 Å². The van der Waals surface area contributed by atoms with E-state index in [9.17, 15) is 64.7 Å². The van der Waals surface area contributed by atoms with Crippen molar-refractivity contribution in [1.29, 1.82) is 0 Å². The second-order valence-electron chi connectivity index (χ2n) is 11.0. The maximum atomic E-state index is 11.5. The van der Waals surface area contributed by atoms with Crippen LogP contribution in [0.25, 0.3) is 0 Å². The number of aliphatic hydroxyl groups is 5. The highest BCUT2D eigenvalue weighted by Crippen LogP contribution is 2.33. The quantitative estimate of drug-likeness (QED) is 0.0704. The van der Waals surface area contributed by atoms with Gasteiger partial charge in [0.1, 0.15) is 48.5 Å². The van der Waals surface area contributed by atoms with Crippen molar-refractivity contribution in [2.75, 3.05) is 32.2 Å². The van der Waals surface area contributed by atoms with E-state index in [-0.39, 0.29) is 0 Å². The first kappa shape index (κ1) is 40.7. The minimum absolute atomic E-state index is 0.571. The van der Waals surface area contributed by atoms with E-state index in [0.717, 1.165) is 13.0 Å². The molecule has 3 aliphatic rings. The Morgan fingerprint density at radius 2 is 1.27 bits per heavy atom. The molecule has 0 amide bonds. The number of hydrogen-bond acceptors (Lipinski definition) is 19. The number of carboxylic acids is 1. The van der Waals surface area contributed by atoms with Gasteiger partial charge in [0.25, 0.3) is 10.1 Å². The fourth-order valence-electron chi connectivity index (χ4n) is 5.30. The lowest BCUT2D eigenvalue weighted by Gasteiger charge is -2.44.